The Kier molecular flexibility index (Phi) is 5.02. The van der Waals surface area contributed by atoms with E-state index in [2.05, 4.69) is 4.74 Å². The van der Waals surface area contributed by atoms with Crippen molar-refractivity contribution in [1.29, 1.82) is 5.26 Å². The van der Waals surface area contributed by atoms with Crippen molar-refractivity contribution in [1.82, 2.24) is 0 Å². The van der Waals surface area contributed by atoms with Gasteiger partial charge in [0.25, 0.3) is 0 Å². The topological polar surface area (TPSA) is 50.1 Å². The number of nitrogens with zero attached hydrogens (tertiary/aromatic N) is 1. The molecule has 1 aromatic rings. The van der Waals surface area contributed by atoms with Crippen molar-refractivity contribution in [3.05, 3.63) is 34.6 Å². The highest BCUT2D eigenvalue weighted by Crippen LogP contribution is 2.29. The van der Waals surface area contributed by atoms with Crippen molar-refractivity contribution in [2.75, 3.05) is 0 Å². The van der Waals surface area contributed by atoms with Crippen LogP contribution in [0.3, 0.4) is 0 Å². The second-order valence-corrected chi connectivity index (χ2v) is 3.73. The number of ether oxygens (including phenoxy) is 1. The number of carbonyl (C=O) groups excluding carboxylic acids is 1. The van der Waals surface area contributed by atoms with E-state index in [0.29, 0.717) is 6.42 Å². The summed E-state index contributed by atoms with van der Waals surface area (Å²) >= 11 is 0. The largest absolute Gasteiger partial charge is 0.442 e. The Hall–Kier alpha value is -2.17. The minimum atomic E-state index is -2.35. The van der Waals surface area contributed by atoms with Crippen molar-refractivity contribution >= 4 is 5.97 Å². The van der Waals surface area contributed by atoms with E-state index < -0.39 is 46.7 Å². The predicted octanol–water partition coefficient (Wildman–Crippen LogP) is 3.29. The molecule has 0 amide bonds. The molecular weight excluding hydrogens is 285 g/mol. The van der Waals surface area contributed by atoms with E-state index in [9.17, 15) is 26.7 Å². The van der Waals surface area contributed by atoms with Crippen molar-refractivity contribution < 1.29 is 31.5 Å². The SMILES string of the molecule is CCCC(=O)O[C@H](C#N)c1c(F)c(F)c(F)c(F)c1F. The zero-order chi connectivity index (χ0) is 15.4. The first-order chi connectivity index (χ1) is 9.34. The van der Waals surface area contributed by atoms with Crippen molar-refractivity contribution in [2.45, 2.75) is 25.9 Å². The Labute approximate surface area is 110 Å². The number of carbonyl (C=O) groups is 1. The van der Waals surface area contributed by atoms with Gasteiger partial charge in [-0.2, -0.15) is 5.26 Å². The highest BCUT2D eigenvalue weighted by molar-refractivity contribution is 5.70. The van der Waals surface area contributed by atoms with Crippen LogP contribution in [-0.4, -0.2) is 5.97 Å². The van der Waals surface area contributed by atoms with Crippen LogP contribution in [0.25, 0.3) is 0 Å². The van der Waals surface area contributed by atoms with Crippen LogP contribution in [0.1, 0.15) is 31.4 Å². The summed E-state index contributed by atoms with van der Waals surface area (Å²) < 4.78 is 70.0. The van der Waals surface area contributed by atoms with Gasteiger partial charge in [0, 0.05) is 6.42 Å². The van der Waals surface area contributed by atoms with Gasteiger partial charge in [0.15, 0.2) is 23.3 Å². The van der Waals surface area contributed by atoms with Gasteiger partial charge in [0.1, 0.15) is 6.07 Å². The minimum Gasteiger partial charge on any atom is -0.442 e. The van der Waals surface area contributed by atoms with E-state index in [1.807, 2.05) is 0 Å². The molecule has 0 fully saturated rings. The van der Waals surface area contributed by atoms with Gasteiger partial charge in [-0.15, -0.1) is 0 Å². The molecule has 0 spiro atoms. The first kappa shape index (κ1) is 15.9. The summed E-state index contributed by atoms with van der Waals surface area (Å²) in [6.45, 7) is 1.60. The van der Waals surface area contributed by atoms with Crippen molar-refractivity contribution in [3.63, 3.8) is 0 Å². The fourth-order valence-electron chi connectivity index (χ4n) is 1.40. The van der Waals surface area contributed by atoms with Crippen LogP contribution < -0.4 is 0 Å². The monoisotopic (exact) mass is 293 g/mol. The number of hydrogen-bond donors (Lipinski definition) is 0. The number of benzene rings is 1. The van der Waals surface area contributed by atoms with Crippen LogP contribution in [-0.2, 0) is 9.53 Å². The zero-order valence-electron chi connectivity index (χ0n) is 10.1. The van der Waals surface area contributed by atoms with Crippen LogP contribution in [0, 0.1) is 40.4 Å². The molecule has 0 saturated carbocycles. The molecule has 0 bridgehead atoms. The Morgan fingerprint density at radius 3 is 1.95 bits per heavy atom. The Morgan fingerprint density at radius 1 is 1.10 bits per heavy atom. The first-order valence-corrected chi connectivity index (χ1v) is 5.45. The lowest BCUT2D eigenvalue weighted by molar-refractivity contribution is -0.147. The van der Waals surface area contributed by atoms with Gasteiger partial charge < -0.3 is 4.74 Å². The molecule has 0 aromatic heterocycles. The normalized spacial score (nSPS) is 11.8. The fraction of sp³-hybridized carbons (Fsp3) is 0.333. The Bertz CT molecular complexity index is 553. The number of rotatable bonds is 4. The maximum Gasteiger partial charge on any atom is 0.307 e. The van der Waals surface area contributed by atoms with E-state index in [1.54, 1.807) is 6.92 Å². The van der Waals surface area contributed by atoms with E-state index in [0.717, 1.165) is 0 Å². The number of hydrogen-bond acceptors (Lipinski definition) is 3. The summed E-state index contributed by atoms with van der Waals surface area (Å²) in [6.07, 6.45) is -2.04. The first-order valence-electron chi connectivity index (χ1n) is 5.45. The maximum atomic E-state index is 13.4. The van der Waals surface area contributed by atoms with E-state index in [4.69, 9.17) is 5.26 Å². The van der Waals surface area contributed by atoms with Gasteiger partial charge in [-0.25, -0.2) is 22.0 Å². The summed E-state index contributed by atoms with van der Waals surface area (Å²) in [5.74, 6) is -12.1. The standard InChI is InChI=1S/C12H8F5NO2/c1-2-3-6(19)20-5(4-18)7-8(13)10(15)12(17)11(16)9(7)14/h5H,2-3H2,1H3/t5-/m1/s1. The van der Waals surface area contributed by atoms with E-state index in [1.165, 1.54) is 6.07 Å². The highest BCUT2D eigenvalue weighted by atomic mass is 19.2. The van der Waals surface area contributed by atoms with E-state index >= 15 is 0 Å². The third-order valence-corrected chi connectivity index (χ3v) is 2.33. The highest BCUT2D eigenvalue weighted by Gasteiger charge is 2.32. The lowest BCUT2D eigenvalue weighted by Gasteiger charge is -2.14. The summed E-state index contributed by atoms with van der Waals surface area (Å²) in [7, 11) is 0. The Balaban J connectivity index is 3.30. The smallest absolute Gasteiger partial charge is 0.307 e. The van der Waals surface area contributed by atoms with Gasteiger partial charge in [-0.3, -0.25) is 4.79 Å². The average Bonchev–Trinajstić information content (AvgIpc) is 2.42. The van der Waals surface area contributed by atoms with Gasteiger partial charge >= 0.3 is 5.97 Å². The molecule has 0 radical (unpaired) electrons. The second-order valence-electron chi connectivity index (χ2n) is 3.73. The number of nitriles is 1. The number of halogens is 5. The predicted molar refractivity (Wildman–Crippen MR) is 55.6 cm³/mol. The summed E-state index contributed by atoms with van der Waals surface area (Å²) in [4.78, 5) is 11.2. The molecule has 0 aliphatic heterocycles. The Morgan fingerprint density at radius 2 is 1.55 bits per heavy atom. The molecule has 20 heavy (non-hydrogen) atoms. The quantitative estimate of drug-likeness (QED) is 0.370. The zero-order valence-corrected chi connectivity index (χ0v) is 10.1. The molecule has 3 nitrogen and oxygen atoms in total. The second kappa shape index (κ2) is 6.32. The molecule has 0 saturated heterocycles. The lowest BCUT2D eigenvalue weighted by Crippen LogP contribution is -2.16. The molecule has 1 rings (SSSR count). The molecule has 108 valence electrons. The van der Waals surface area contributed by atoms with Crippen LogP contribution >= 0.6 is 0 Å². The average molecular weight is 293 g/mol. The lowest BCUT2D eigenvalue weighted by atomic mass is 10.1. The maximum absolute atomic E-state index is 13.4. The molecule has 0 N–H and O–H groups in total. The summed E-state index contributed by atoms with van der Waals surface area (Å²) in [5, 5.41) is 8.70. The van der Waals surface area contributed by atoms with Gasteiger partial charge in [0.05, 0.1) is 5.56 Å². The van der Waals surface area contributed by atoms with E-state index in [-0.39, 0.29) is 6.42 Å². The third kappa shape index (κ3) is 2.87. The summed E-state index contributed by atoms with van der Waals surface area (Å²) in [5.41, 5.74) is -1.48. The van der Waals surface area contributed by atoms with Crippen LogP contribution in [0.4, 0.5) is 22.0 Å². The minimum absolute atomic E-state index is 0.159. The molecule has 0 heterocycles. The van der Waals surface area contributed by atoms with Crippen LogP contribution in [0.15, 0.2) is 0 Å². The van der Waals surface area contributed by atoms with Crippen molar-refractivity contribution in [2.24, 2.45) is 0 Å². The molecule has 8 heteroatoms. The summed E-state index contributed by atoms with van der Waals surface area (Å²) in [6, 6.07) is 1.18. The molecule has 1 aromatic carbocycles. The van der Waals surface area contributed by atoms with Gasteiger partial charge in [0.2, 0.25) is 11.9 Å². The van der Waals surface area contributed by atoms with Crippen LogP contribution in [0.2, 0.25) is 0 Å². The van der Waals surface area contributed by atoms with Gasteiger partial charge in [-0.1, -0.05) is 6.92 Å². The van der Waals surface area contributed by atoms with Gasteiger partial charge in [-0.05, 0) is 6.42 Å². The van der Waals surface area contributed by atoms with Crippen LogP contribution in [0.5, 0.6) is 0 Å². The van der Waals surface area contributed by atoms with Crippen molar-refractivity contribution in [3.8, 4) is 6.07 Å². The molecule has 1 atom stereocenters. The fourth-order valence-corrected chi connectivity index (χ4v) is 1.40. The molecular formula is C12H8F5NO2. The third-order valence-electron chi connectivity index (χ3n) is 2.33. The molecule has 0 aliphatic carbocycles. The molecule has 0 unspecified atom stereocenters. The molecule has 0 aliphatic rings. The number of esters is 1.